The molecule has 0 aliphatic carbocycles. The molecule has 0 saturated heterocycles. The van der Waals surface area contributed by atoms with Crippen molar-refractivity contribution in [3.8, 4) is 17.2 Å². The summed E-state index contributed by atoms with van der Waals surface area (Å²) in [6.07, 6.45) is 1.21. The Morgan fingerprint density at radius 1 is 1.00 bits per heavy atom. The van der Waals surface area contributed by atoms with Crippen LogP contribution < -0.4 is 20.1 Å². The Kier molecular flexibility index (Phi) is 8.51. The third-order valence-electron chi connectivity index (χ3n) is 4.72. The second kappa shape index (κ2) is 12.2. The van der Waals surface area contributed by atoms with Crippen LogP contribution in [0, 0.1) is 5.82 Å². The van der Waals surface area contributed by atoms with Gasteiger partial charge in [-0.3, -0.25) is 19.7 Å². The molecule has 0 saturated carbocycles. The highest BCUT2D eigenvalue weighted by Gasteiger charge is 2.22. The number of hydrogen-bond acceptors (Lipinski definition) is 9. The molecule has 0 atom stereocenters. The molecule has 2 amide bonds. The predicted octanol–water partition coefficient (Wildman–Crippen LogP) is 4.83. The van der Waals surface area contributed by atoms with Crippen LogP contribution in [0.4, 0.5) is 15.2 Å². The topological polar surface area (TPSA) is 140 Å². The van der Waals surface area contributed by atoms with Gasteiger partial charge in [-0.1, -0.05) is 41.3 Å². The molecule has 4 aromatic rings. The van der Waals surface area contributed by atoms with Crippen molar-refractivity contribution in [2.75, 3.05) is 17.7 Å². The molecule has 194 valence electrons. The van der Waals surface area contributed by atoms with Gasteiger partial charge < -0.3 is 19.9 Å². The van der Waals surface area contributed by atoms with Crippen LogP contribution in [0.3, 0.4) is 0 Å². The van der Waals surface area contributed by atoms with Crippen LogP contribution in [0.25, 0.3) is 0 Å². The molecule has 0 bridgehead atoms. The average Bonchev–Trinajstić information content (AvgIpc) is 3.25. The van der Waals surface area contributed by atoms with Crippen LogP contribution >= 0.6 is 23.1 Å². The van der Waals surface area contributed by atoms with Gasteiger partial charge in [-0.05, 0) is 36.4 Å². The SMILES string of the molecule is COc1ccccc1Oc1cc(F)ccc1NC(=O)C(=O)Nc1nc(CC(=O)O)c(Sc2ccccn2)s1. The number of nitrogens with one attached hydrogen (secondary N) is 2. The summed E-state index contributed by atoms with van der Waals surface area (Å²) in [6.45, 7) is 0. The number of rotatable bonds is 9. The molecule has 0 aliphatic rings. The van der Waals surface area contributed by atoms with E-state index in [2.05, 4.69) is 20.6 Å². The van der Waals surface area contributed by atoms with Gasteiger partial charge in [-0.2, -0.15) is 0 Å². The van der Waals surface area contributed by atoms with Crippen LogP contribution in [0.2, 0.25) is 0 Å². The molecular weight excluding hydrogens is 535 g/mol. The smallest absolute Gasteiger partial charge is 0.315 e. The Labute approximate surface area is 223 Å². The van der Waals surface area contributed by atoms with E-state index in [1.165, 1.54) is 24.9 Å². The molecule has 0 spiro atoms. The van der Waals surface area contributed by atoms with Crippen molar-refractivity contribution < 1.29 is 33.4 Å². The van der Waals surface area contributed by atoms with Crippen LogP contribution in [0.15, 0.2) is 76.1 Å². The van der Waals surface area contributed by atoms with Gasteiger partial charge in [0.15, 0.2) is 22.4 Å². The van der Waals surface area contributed by atoms with Gasteiger partial charge in [0, 0.05) is 12.3 Å². The van der Waals surface area contributed by atoms with E-state index in [4.69, 9.17) is 9.47 Å². The maximum absolute atomic E-state index is 13.9. The normalized spacial score (nSPS) is 10.5. The first-order valence-electron chi connectivity index (χ1n) is 10.9. The van der Waals surface area contributed by atoms with E-state index in [0.29, 0.717) is 15.0 Å². The highest BCUT2D eigenvalue weighted by atomic mass is 32.2. The lowest BCUT2D eigenvalue weighted by Gasteiger charge is -2.14. The van der Waals surface area contributed by atoms with E-state index >= 15 is 0 Å². The van der Waals surface area contributed by atoms with Gasteiger partial charge in [0.25, 0.3) is 0 Å². The van der Waals surface area contributed by atoms with E-state index in [9.17, 15) is 23.9 Å². The molecule has 3 N–H and O–H groups in total. The number of carboxylic acids is 1. The number of hydrogen-bond donors (Lipinski definition) is 3. The number of amides is 2. The predicted molar refractivity (Wildman–Crippen MR) is 139 cm³/mol. The maximum Gasteiger partial charge on any atom is 0.315 e. The van der Waals surface area contributed by atoms with E-state index < -0.39 is 23.6 Å². The largest absolute Gasteiger partial charge is 0.493 e. The van der Waals surface area contributed by atoms with Gasteiger partial charge in [0.05, 0.1) is 29.1 Å². The van der Waals surface area contributed by atoms with Crippen molar-refractivity contribution in [2.24, 2.45) is 0 Å². The third kappa shape index (κ3) is 6.83. The maximum atomic E-state index is 13.9. The van der Waals surface area contributed by atoms with Crippen LogP contribution in [-0.2, 0) is 20.8 Å². The fourth-order valence-electron chi connectivity index (χ4n) is 3.07. The minimum atomic E-state index is -1.10. The fourth-order valence-corrected chi connectivity index (χ4v) is 5.12. The van der Waals surface area contributed by atoms with Crippen molar-refractivity contribution in [1.82, 2.24) is 9.97 Å². The Balaban J connectivity index is 1.50. The Morgan fingerprint density at radius 3 is 2.45 bits per heavy atom. The third-order valence-corrected chi connectivity index (χ3v) is 6.90. The molecule has 38 heavy (non-hydrogen) atoms. The Morgan fingerprint density at radius 2 is 1.74 bits per heavy atom. The summed E-state index contributed by atoms with van der Waals surface area (Å²) in [4.78, 5) is 44.9. The zero-order valence-electron chi connectivity index (χ0n) is 19.6. The number of carboxylic acid groups (broad SMARTS) is 1. The van der Waals surface area contributed by atoms with Gasteiger partial charge in [-0.25, -0.2) is 14.4 Å². The van der Waals surface area contributed by atoms with Crippen LogP contribution in [0.5, 0.6) is 17.2 Å². The number of halogens is 1. The first-order chi connectivity index (χ1) is 18.3. The lowest BCUT2D eigenvalue weighted by molar-refractivity contribution is -0.136. The quantitative estimate of drug-likeness (QED) is 0.248. The molecule has 2 aromatic carbocycles. The van der Waals surface area contributed by atoms with Gasteiger partial charge in [0.2, 0.25) is 0 Å². The van der Waals surface area contributed by atoms with Gasteiger partial charge in [0.1, 0.15) is 10.8 Å². The summed E-state index contributed by atoms with van der Waals surface area (Å²) in [5, 5.41) is 14.6. The second-order valence-electron chi connectivity index (χ2n) is 7.40. The van der Waals surface area contributed by atoms with E-state index in [1.807, 2.05) is 0 Å². The number of ether oxygens (including phenoxy) is 2. The number of aromatic nitrogens is 2. The summed E-state index contributed by atoms with van der Waals surface area (Å²) >= 11 is 2.20. The first kappa shape index (κ1) is 26.6. The highest BCUT2D eigenvalue weighted by molar-refractivity contribution is 8.01. The fraction of sp³-hybridized carbons (Fsp3) is 0.0800. The monoisotopic (exact) mass is 554 g/mol. The number of methoxy groups -OCH3 is 1. The molecule has 10 nitrogen and oxygen atoms in total. The Hall–Kier alpha value is -4.49. The molecule has 0 unspecified atom stereocenters. The summed E-state index contributed by atoms with van der Waals surface area (Å²) in [6, 6.07) is 15.3. The molecule has 0 radical (unpaired) electrons. The number of pyridine rings is 1. The van der Waals surface area contributed by atoms with Gasteiger partial charge >= 0.3 is 17.8 Å². The number of nitrogens with zero attached hydrogens (tertiary/aromatic N) is 2. The highest BCUT2D eigenvalue weighted by Crippen LogP contribution is 2.37. The van der Waals surface area contributed by atoms with Crippen LogP contribution in [-0.4, -0.2) is 40.0 Å². The zero-order valence-corrected chi connectivity index (χ0v) is 21.3. The van der Waals surface area contributed by atoms with Crippen LogP contribution in [0.1, 0.15) is 5.69 Å². The minimum Gasteiger partial charge on any atom is -0.493 e. The number of aliphatic carboxylic acids is 1. The Bertz CT molecular complexity index is 1480. The zero-order chi connectivity index (χ0) is 27.1. The van der Waals surface area contributed by atoms with Crippen molar-refractivity contribution in [2.45, 2.75) is 15.7 Å². The molecule has 0 aliphatic heterocycles. The molecule has 0 fully saturated rings. The number of benzene rings is 2. The molecule has 13 heteroatoms. The summed E-state index contributed by atoms with van der Waals surface area (Å²) in [7, 11) is 1.45. The van der Waals surface area contributed by atoms with Gasteiger partial charge in [-0.15, -0.1) is 0 Å². The number of thiazole rings is 1. The number of carbonyl (C=O) groups is 3. The van der Waals surface area contributed by atoms with E-state index in [1.54, 1.807) is 48.7 Å². The molecular formula is C25H19FN4O6S2. The van der Waals surface area contributed by atoms with E-state index in [-0.39, 0.29) is 34.4 Å². The van der Waals surface area contributed by atoms with Crippen molar-refractivity contribution in [3.05, 3.63) is 78.4 Å². The lowest BCUT2D eigenvalue weighted by Crippen LogP contribution is -2.29. The summed E-state index contributed by atoms with van der Waals surface area (Å²) in [5.74, 6) is -3.27. The average molecular weight is 555 g/mol. The van der Waals surface area contributed by atoms with Crippen molar-refractivity contribution in [1.29, 1.82) is 0 Å². The number of para-hydroxylation sites is 2. The summed E-state index contributed by atoms with van der Waals surface area (Å²) in [5.41, 5.74) is 0.259. The standard InChI is InChI=1S/C25H19FN4O6S2/c1-35-17-6-2-3-7-18(17)36-19-12-14(26)9-10-15(19)28-22(33)23(34)30-25-29-16(13-21(31)32)24(38-25)37-20-8-4-5-11-27-20/h2-12H,13H2,1H3,(H,28,33)(H,31,32)(H,29,30,34). The first-order valence-corrected chi connectivity index (χ1v) is 12.5. The molecule has 2 aromatic heterocycles. The van der Waals surface area contributed by atoms with Crippen molar-refractivity contribution in [3.63, 3.8) is 0 Å². The molecule has 2 heterocycles. The lowest BCUT2D eigenvalue weighted by atomic mass is 10.2. The second-order valence-corrected chi connectivity index (χ2v) is 9.68. The number of anilines is 2. The van der Waals surface area contributed by atoms with Crippen molar-refractivity contribution >= 4 is 51.7 Å². The van der Waals surface area contributed by atoms with E-state index in [0.717, 1.165) is 23.5 Å². The number of carbonyl (C=O) groups excluding carboxylic acids is 2. The summed E-state index contributed by atoms with van der Waals surface area (Å²) < 4.78 is 25.4. The molecule has 4 rings (SSSR count). The minimum absolute atomic E-state index is 0.0319.